The molecule has 1 nitrogen and oxygen atoms in total. The molecular formula is C12H27N. The molecule has 1 N–H and O–H groups in total. The Balaban J connectivity index is 4.02. The van der Waals surface area contributed by atoms with Crippen molar-refractivity contribution in [2.45, 2.75) is 60.4 Å². The first-order chi connectivity index (χ1) is 5.67. The number of hydrogen-bond acceptors (Lipinski definition) is 1. The zero-order chi connectivity index (χ0) is 10.7. The molecule has 0 amide bonds. The first-order valence-electron chi connectivity index (χ1n) is 5.42. The molecule has 0 heterocycles. The van der Waals surface area contributed by atoms with Crippen LogP contribution in [0, 0.1) is 11.3 Å². The molecule has 0 rings (SSSR count). The summed E-state index contributed by atoms with van der Waals surface area (Å²) in [5.74, 6) is 0.770. The van der Waals surface area contributed by atoms with Crippen LogP contribution < -0.4 is 5.32 Å². The Kier molecular flexibility index (Phi) is 4.44. The second-order valence-corrected chi connectivity index (χ2v) is 6.10. The van der Waals surface area contributed by atoms with Crippen molar-refractivity contribution in [2.24, 2.45) is 11.3 Å². The van der Waals surface area contributed by atoms with Gasteiger partial charge in [0.15, 0.2) is 0 Å². The summed E-state index contributed by atoms with van der Waals surface area (Å²) in [5, 5.41) is 3.58. The van der Waals surface area contributed by atoms with E-state index in [2.05, 4.69) is 53.8 Å². The van der Waals surface area contributed by atoms with Crippen LogP contribution in [0.15, 0.2) is 0 Å². The van der Waals surface area contributed by atoms with E-state index in [0.717, 1.165) is 12.5 Å². The predicted octanol–water partition coefficient (Wildman–Crippen LogP) is 3.45. The van der Waals surface area contributed by atoms with Crippen molar-refractivity contribution < 1.29 is 0 Å². The van der Waals surface area contributed by atoms with E-state index in [1.807, 2.05) is 0 Å². The van der Waals surface area contributed by atoms with E-state index in [-0.39, 0.29) is 5.54 Å². The zero-order valence-corrected chi connectivity index (χ0v) is 10.5. The van der Waals surface area contributed by atoms with Gasteiger partial charge in [-0.25, -0.2) is 0 Å². The zero-order valence-electron chi connectivity index (χ0n) is 10.5. The fourth-order valence-corrected chi connectivity index (χ4v) is 1.49. The third-order valence-electron chi connectivity index (χ3n) is 2.60. The topological polar surface area (TPSA) is 12.0 Å². The molecule has 0 saturated heterocycles. The van der Waals surface area contributed by atoms with Crippen LogP contribution in [0.1, 0.15) is 54.9 Å². The molecular weight excluding hydrogens is 158 g/mol. The average Bonchev–Trinajstić information content (AvgIpc) is 1.82. The summed E-state index contributed by atoms with van der Waals surface area (Å²) in [5.41, 5.74) is 0.672. The molecule has 13 heavy (non-hydrogen) atoms. The lowest BCUT2D eigenvalue weighted by molar-refractivity contribution is 0.209. The highest BCUT2D eigenvalue weighted by Crippen LogP contribution is 2.28. The maximum atomic E-state index is 3.58. The van der Waals surface area contributed by atoms with Gasteiger partial charge in [0, 0.05) is 5.54 Å². The van der Waals surface area contributed by atoms with Gasteiger partial charge in [-0.3, -0.25) is 0 Å². The molecule has 80 valence electrons. The standard InChI is InChI=1S/C12H27N/c1-8-10(11(2,3)4)9-13-12(5,6)7/h10,13H,8-9H2,1-7H3/t10-/m0/s1. The molecule has 0 saturated carbocycles. The minimum absolute atomic E-state index is 0.249. The highest BCUT2D eigenvalue weighted by Gasteiger charge is 2.23. The quantitative estimate of drug-likeness (QED) is 0.710. The molecule has 0 spiro atoms. The third kappa shape index (κ3) is 6.09. The van der Waals surface area contributed by atoms with Crippen LogP contribution in [-0.2, 0) is 0 Å². The van der Waals surface area contributed by atoms with Crippen molar-refractivity contribution in [2.75, 3.05) is 6.54 Å². The second kappa shape index (κ2) is 4.45. The Morgan fingerprint density at radius 2 is 1.46 bits per heavy atom. The lowest BCUT2D eigenvalue weighted by Crippen LogP contribution is -2.41. The number of rotatable bonds is 3. The molecule has 0 aromatic heterocycles. The first kappa shape index (κ1) is 13.0. The van der Waals surface area contributed by atoms with E-state index in [0.29, 0.717) is 5.41 Å². The lowest BCUT2D eigenvalue weighted by atomic mass is 9.79. The van der Waals surface area contributed by atoms with Crippen LogP contribution in [0.5, 0.6) is 0 Å². The fraction of sp³-hybridized carbons (Fsp3) is 1.00. The van der Waals surface area contributed by atoms with Gasteiger partial charge >= 0.3 is 0 Å². The molecule has 0 fully saturated rings. The fourth-order valence-electron chi connectivity index (χ4n) is 1.49. The minimum atomic E-state index is 0.249. The molecule has 0 aliphatic rings. The van der Waals surface area contributed by atoms with Gasteiger partial charge in [0.1, 0.15) is 0 Å². The van der Waals surface area contributed by atoms with Gasteiger partial charge in [0.05, 0.1) is 0 Å². The van der Waals surface area contributed by atoms with Crippen LogP contribution in [0.2, 0.25) is 0 Å². The van der Waals surface area contributed by atoms with E-state index in [9.17, 15) is 0 Å². The van der Waals surface area contributed by atoms with Gasteiger partial charge in [0.25, 0.3) is 0 Å². The molecule has 1 atom stereocenters. The second-order valence-electron chi connectivity index (χ2n) is 6.10. The predicted molar refractivity (Wildman–Crippen MR) is 61.0 cm³/mol. The summed E-state index contributed by atoms with van der Waals surface area (Å²) in [4.78, 5) is 0. The first-order valence-corrected chi connectivity index (χ1v) is 5.42. The van der Waals surface area contributed by atoms with E-state index in [1.165, 1.54) is 6.42 Å². The normalized spacial score (nSPS) is 15.9. The minimum Gasteiger partial charge on any atom is -0.312 e. The lowest BCUT2D eigenvalue weighted by Gasteiger charge is -2.33. The summed E-state index contributed by atoms with van der Waals surface area (Å²) in [6.07, 6.45) is 1.26. The average molecular weight is 185 g/mol. The molecule has 0 bridgehead atoms. The monoisotopic (exact) mass is 185 g/mol. The van der Waals surface area contributed by atoms with Crippen LogP contribution in [0.25, 0.3) is 0 Å². The van der Waals surface area contributed by atoms with E-state index in [1.54, 1.807) is 0 Å². The highest BCUT2D eigenvalue weighted by atomic mass is 14.9. The Morgan fingerprint density at radius 1 is 1.00 bits per heavy atom. The number of nitrogens with one attached hydrogen (secondary N) is 1. The Hall–Kier alpha value is -0.0400. The van der Waals surface area contributed by atoms with Crippen molar-refractivity contribution in [3.8, 4) is 0 Å². The molecule has 1 heteroatoms. The van der Waals surface area contributed by atoms with Gasteiger partial charge in [-0.05, 0) is 38.6 Å². The van der Waals surface area contributed by atoms with Crippen molar-refractivity contribution in [1.82, 2.24) is 5.32 Å². The van der Waals surface area contributed by atoms with E-state index >= 15 is 0 Å². The number of hydrogen-bond donors (Lipinski definition) is 1. The van der Waals surface area contributed by atoms with Crippen molar-refractivity contribution >= 4 is 0 Å². The smallest absolute Gasteiger partial charge is 0.00966 e. The molecule has 0 aliphatic heterocycles. The van der Waals surface area contributed by atoms with Crippen LogP contribution in [0.4, 0.5) is 0 Å². The van der Waals surface area contributed by atoms with Gasteiger partial charge in [-0.15, -0.1) is 0 Å². The Bertz CT molecular complexity index is 136. The van der Waals surface area contributed by atoms with Crippen LogP contribution in [-0.4, -0.2) is 12.1 Å². The van der Waals surface area contributed by atoms with Crippen molar-refractivity contribution in [3.63, 3.8) is 0 Å². The molecule has 0 aromatic carbocycles. The maximum absolute atomic E-state index is 3.58. The van der Waals surface area contributed by atoms with E-state index in [4.69, 9.17) is 0 Å². The van der Waals surface area contributed by atoms with Crippen LogP contribution in [0.3, 0.4) is 0 Å². The summed E-state index contributed by atoms with van der Waals surface area (Å²) >= 11 is 0. The van der Waals surface area contributed by atoms with Gasteiger partial charge in [-0.2, -0.15) is 0 Å². The largest absolute Gasteiger partial charge is 0.312 e. The van der Waals surface area contributed by atoms with Gasteiger partial charge < -0.3 is 5.32 Å². The summed E-state index contributed by atoms with van der Waals surface area (Å²) in [6, 6.07) is 0. The Labute approximate surface area is 84.3 Å². The van der Waals surface area contributed by atoms with Crippen molar-refractivity contribution in [1.29, 1.82) is 0 Å². The summed E-state index contributed by atoms with van der Waals surface area (Å²) in [6.45, 7) is 17.1. The SMILES string of the molecule is CC[C@@H](CNC(C)(C)C)C(C)(C)C. The van der Waals surface area contributed by atoms with E-state index < -0.39 is 0 Å². The summed E-state index contributed by atoms with van der Waals surface area (Å²) < 4.78 is 0. The molecule has 0 aliphatic carbocycles. The van der Waals surface area contributed by atoms with Crippen LogP contribution >= 0.6 is 0 Å². The molecule has 0 radical (unpaired) electrons. The Morgan fingerprint density at radius 3 is 1.69 bits per heavy atom. The van der Waals surface area contributed by atoms with Crippen molar-refractivity contribution in [3.05, 3.63) is 0 Å². The van der Waals surface area contributed by atoms with Gasteiger partial charge in [0.2, 0.25) is 0 Å². The van der Waals surface area contributed by atoms with Gasteiger partial charge in [-0.1, -0.05) is 34.1 Å². The summed E-state index contributed by atoms with van der Waals surface area (Å²) in [7, 11) is 0. The third-order valence-corrected chi connectivity index (χ3v) is 2.60. The molecule has 0 aromatic rings. The molecule has 0 unspecified atom stereocenters. The maximum Gasteiger partial charge on any atom is 0.00966 e. The highest BCUT2D eigenvalue weighted by molar-refractivity contribution is 4.79.